The van der Waals surface area contributed by atoms with Crippen molar-refractivity contribution >= 4 is 23.2 Å². The van der Waals surface area contributed by atoms with Crippen molar-refractivity contribution < 1.29 is 18.7 Å². The Morgan fingerprint density at radius 2 is 1.79 bits per heavy atom. The molecule has 1 aliphatic rings. The molecule has 1 aliphatic heterocycles. The van der Waals surface area contributed by atoms with Crippen LogP contribution in [0, 0.1) is 11.7 Å². The molecule has 5 nitrogen and oxygen atoms in total. The average molecular weight is 407 g/mol. The van der Waals surface area contributed by atoms with Gasteiger partial charge >= 0.3 is 0 Å². The minimum absolute atomic E-state index is 0.0379. The van der Waals surface area contributed by atoms with E-state index in [1.54, 1.807) is 24.3 Å². The molecule has 1 N–H and O–H groups in total. The molecule has 150 valence electrons. The lowest BCUT2D eigenvalue weighted by Gasteiger charge is -2.31. The van der Waals surface area contributed by atoms with E-state index in [2.05, 4.69) is 10.2 Å². The first-order valence-electron chi connectivity index (χ1n) is 9.19. The van der Waals surface area contributed by atoms with Crippen LogP contribution in [0.3, 0.4) is 0 Å². The number of hydrogen-bond donors (Lipinski definition) is 1. The van der Waals surface area contributed by atoms with E-state index in [-0.39, 0.29) is 17.6 Å². The zero-order valence-corrected chi connectivity index (χ0v) is 16.8. The fourth-order valence-corrected chi connectivity index (χ4v) is 3.63. The van der Waals surface area contributed by atoms with Gasteiger partial charge in [0.25, 0.3) is 0 Å². The first kappa shape index (κ1) is 20.4. The van der Waals surface area contributed by atoms with Gasteiger partial charge in [-0.3, -0.25) is 9.69 Å². The second-order valence-corrected chi connectivity index (χ2v) is 7.26. The second-order valence-electron chi connectivity index (χ2n) is 6.85. The Morgan fingerprint density at radius 3 is 2.39 bits per heavy atom. The number of benzene rings is 2. The Bertz CT molecular complexity index is 821. The molecule has 0 radical (unpaired) electrons. The summed E-state index contributed by atoms with van der Waals surface area (Å²) in [5.74, 6) is 0.633. The van der Waals surface area contributed by atoms with Crippen molar-refractivity contribution in [1.29, 1.82) is 0 Å². The number of likely N-dealkylation sites (tertiary alicyclic amines) is 1. The number of rotatable bonds is 6. The summed E-state index contributed by atoms with van der Waals surface area (Å²) in [4.78, 5) is 15.0. The SMILES string of the molecule is COc1cc(NC(=O)C2CCN(Cc3ccc(F)cc3)CC2)c(OC)cc1Cl. The van der Waals surface area contributed by atoms with Crippen LogP contribution in [-0.4, -0.2) is 38.1 Å². The molecule has 2 aromatic carbocycles. The number of ether oxygens (including phenoxy) is 2. The van der Waals surface area contributed by atoms with Crippen LogP contribution in [-0.2, 0) is 11.3 Å². The molecule has 2 aromatic rings. The molecule has 1 saturated heterocycles. The van der Waals surface area contributed by atoms with Crippen molar-refractivity contribution in [2.24, 2.45) is 5.92 Å². The highest BCUT2D eigenvalue weighted by molar-refractivity contribution is 6.32. The molecule has 0 spiro atoms. The highest BCUT2D eigenvalue weighted by atomic mass is 35.5. The largest absolute Gasteiger partial charge is 0.495 e. The molecule has 7 heteroatoms. The van der Waals surface area contributed by atoms with Gasteiger partial charge in [-0.25, -0.2) is 4.39 Å². The van der Waals surface area contributed by atoms with Crippen molar-refractivity contribution in [1.82, 2.24) is 4.90 Å². The molecule has 1 heterocycles. The topological polar surface area (TPSA) is 50.8 Å². The number of carbonyl (C=O) groups is 1. The molecule has 1 fully saturated rings. The quantitative estimate of drug-likeness (QED) is 0.775. The molecule has 0 aromatic heterocycles. The number of amides is 1. The molecule has 28 heavy (non-hydrogen) atoms. The lowest BCUT2D eigenvalue weighted by Crippen LogP contribution is -2.37. The number of carbonyl (C=O) groups excluding carboxylic acids is 1. The van der Waals surface area contributed by atoms with Gasteiger partial charge in [0, 0.05) is 24.6 Å². The van der Waals surface area contributed by atoms with Gasteiger partial charge in [-0.1, -0.05) is 23.7 Å². The van der Waals surface area contributed by atoms with Gasteiger partial charge in [0.2, 0.25) is 5.91 Å². The maximum Gasteiger partial charge on any atom is 0.227 e. The Morgan fingerprint density at radius 1 is 1.14 bits per heavy atom. The number of nitrogens with zero attached hydrogens (tertiary/aromatic N) is 1. The molecule has 0 aliphatic carbocycles. The molecule has 0 saturated carbocycles. The van der Waals surface area contributed by atoms with Crippen LogP contribution >= 0.6 is 11.6 Å². The van der Waals surface area contributed by atoms with E-state index in [0.717, 1.165) is 38.0 Å². The molecular weight excluding hydrogens is 383 g/mol. The van der Waals surface area contributed by atoms with Gasteiger partial charge in [-0.2, -0.15) is 0 Å². The van der Waals surface area contributed by atoms with Gasteiger partial charge in [0.1, 0.15) is 17.3 Å². The van der Waals surface area contributed by atoms with E-state index in [0.29, 0.717) is 22.2 Å². The minimum Gasteiger partial charge on any atom is -0.495 e. The third kappa shape index (κ3) is 4.94. The van der Waals surface area contributed by atoms with E-state index in [1.807, 2.05) is 0 Å². The molecule has 0 atom stereocenters. The van der Waals surface area contributed by atoms with Gasteiger partial charge < -0.3 is 14.8 Å². The molecule has 0 bridgehead atoms. The predicted molar refractivity (Wildman–Crippen MR) is 108 cm³/mol. The summed E-state index contributed by atoms with van der Waals surface area (Å²) < 4.78 is 23.6. The first-order valence-corrected chi connectivity index (χ1v) is 9.57. The van der Waals surface area contributed by atoms with Crippen molar-refractivity contribution in [2.75, 3.05) is 32.6 Å². The Hall–Kier alpha value is -2.31. The highest BCUT2D eigenvalue weighted by Gasteiger charge is 2.26. The number of halogens is 2. The third-order valence-corrected chi connectivity index (χ3v) is 5.30. The zero-order valence-electron chi connectivity index (χ0n) is 16.0. The van der Waals surface area contributed by atoms with Gasteiger partial charge in [0.05, 0.1) is 24.9 Å². The summed E-state index contributed by atoms with van der Waals surface area (Å²) >= 11 is 6.11. The van der Waals surface area contributed by atoms with Crippen molar-refractivity contribution in [3.8, 4) is 11.5 Å². The number of nitrogens with one attached hydrogen (secondary N) is 1. The van der Waals surface area contributed by atoms with Gasteiger partial charge in [0.15, 0.2) is 0 Å². The summed E-state index contributed by atoms with van der Waals surface area (Å²) in [6.07, 6.45) is 1.53. The lowest BCUT2D eigenvalue weighted by molar-refractivity contribution is -0.121. The highest BCUT2D eigenvalue weighted by Crippen LogP contribution is 2.36. The fraction of sp³-hybridized carbons (Fsp3) is 0.381. The summed E-state index contributed by atoms with van der Waals surface area (Å²) in [6, 6.07) is 9.85. The van der Waals surface area contributed by atoms with Crippen molar-refractivity contribution in [3.63, 3.8) is 0 Å². The monoisotopic (exact) mass is 406 g/mol. The summed E-state index contributed by atoms with van der Waals surface area (Å²) in [6.45, 7) is 2.39. The summed E-state index contributed by atoms with van der Waals surface area (Å²) in [5.41, 5.74) is 1.62. The van der Waals surface area contributed by atoms with E-state index in [4.69, 9.17) is 21.1 Å². The smallest absolute Gasteiger partial charge is 0.227 e. The van der Waals surface area contributed by atoms with Crippen LogP contribution in [0.2, 0.25) is 5.02 Å². The van der Waals surface area contributed by atoms with Gasteiger partial charge in [-0.15, -0.1) is 0 Å². The second kappa shape index (κ2) is 9.26. The Labute approximate surface area is 169 Å². The zero-order chi connectivity index (χ0) is 20.1. The van der Waals surface area contributed by atoms with Gasteiger partial charge in [-0.05, 0) is 43.6 Å². The third-order valence-electron chi connectivity index (χ3n) is 5.01. The van der Waals surface area contributed by atoms with E-state index in [1.165, 1.54) is 26.4 Å². The number of anilines is 1. The van der Waals surface area contributed by atoms with E-state index in [9.17, 15) is 9.18 Å². The minimum atomic E-state index is -0.228. The average Bonchev–Trinajstić information content (AvgIpc) is 2.71. The number of hydrogen-bond acceptors (Lipinski definition) is 4. The molecule has 0 unspecified atom stereocenters. The maximum atomic E-state index is 13.0. The van der Waals surface area contributed by atoms with Crippen LogP contribution in [0.15, 0.2) is 36.4 Å². The number of methoxy groups -OCH3 is 2. The van der Waals surface area contributed by atoms with Crippen molar-refractivity contribution in [3.05, 3.63) is 52.8 Å². The van der Waals surface area contributed by atoms with Crippen LogP contribution in [0.4, 0.5) is 10.1 Å². The van der Waals surface area contributed by atoms with Crippen LogP contribution in [0.1, 0.15) is 18.4 Å². The van der Waals surface area contributed by atoms with E-state index >= 15 is 0 Å². The standard InChI is InChI=1S/C21H24ClFN2O3/c1-27-19-12-18(20(28-2)11-17(19)22)24-21(26)15-7-9-25(10-8-15)13-14-3-5-16(23)6-4-14/h3-6,11-12,15H,7-10,13H2,1-2H3,(H,24,26). The molecule has 3 rings (SSSR count). The number of piperidine rings is 1. The normalized spacial score (nSPS) is 15.3. The van der Waals surface area contributed by atoms with Crippen molar-refractivity contribution in [2.45, 2.75) is 19.4 Å². The predicted octanol–water partition coefficient (Wildman–Crippen LogP) is 4.35. The maximum absolute atomic E-state index is 13.0. The van der Waals surface area contributed by atoms with E-state index < -0.39 is 0 Å². The Balaban J connectivity index is 1.57. The first-order chi connectivity index (χ1) is 13.5. The lowest BCUT2D eigenvalue weighted by atomic mass is 9.95. The molecule has 1 amide bonds. The van der Waals surface area contributed by atoms with Crippen LogP contribution in [0.25, 0.3) is 0 Å². The fourth-order valence-electron chi connectivity index (χ4n) is 3.39. The van der Waals surface area contributed by atoms with Crippen LogP contribution in [0.5, 0.6) is 11.5 Å². The van der Waals surface area contributed by atoms with Crippen LogP contribution < -0.4 is 14.8 Å². The molecular formula is C21H24ClFN2O3. The Kier molecular flexibility index (Phi) is 6.75. The summed E-state index contributed by atoms with van der Waals surface area (Å²) in [5, 5.41) is 3.36. The summed E-state index contributed by atoms with van der Waals surface area (Å²) in [7, 11) is 3.05.